The average Bonchev–Trinajstić information content (AvgIpc) is 2.50. The van der Waals surface area contributed by atoms with E-state index >= 15 is 0 Å². The quantitative estimate of drug-likeness (QED) is 0.742. The lowest BCUT2D eigenvalue weighted by molar-refractivity contribution is -0.124. The first-order valence-electron chi connectivity index (χ1n) is 8.73. The van der Waals surface area contributed by atoms with Gasteiger partial charge in [-0.1, -0.05) is 26.0 Å². The van der Waals surface area contributed by atoms with Gasteiger partial charge >= 0.3 is 12.7 Å². The predicted molar refractivity (Wildman–Crippen MR) is 97.6 cm³/mol. The Kier molecular flexibility index (Phi) is 7.99. The lowest BCUT2D eigenvalue weighted by Crippen LogP contribution is -2.51. The zero-order valence-corrected chi connectivity index (χ0v) is 16.5. The zero-order valence-electron chi connectivity index (χ0n) is 16.5. The molecule has 0 fully saturated rings. The van der Waals surface area contributed by atoms with Crippen LogP contribution in [-0.4, -0.2) is 30.3 Å². The molecule has 6 nitrogen and oxygen atoms in total. The first kappa shape index (κ1) is 22.7. The van der Waals surface area contributed by atoms with Crippen molar-refractivity contribution in [3.63, 3.8) is 0 Å². The maximum Gasteiger partial charge on any atom is 0.408 e. The lowest BCUT2D eigenvalue weighted by Gasteiger charge is -2.26. The minimum absolute atomic E-state index is 0.0407. The summed E-state index contributed by atoms with van der Waals surface area (Å²) in [5, 5.41) is 5.39. The summed E-state index contributed by atoms with van der Waals surface area (Å²) in [6.45, 7) is 7.69. The molecule has 1 aromatic carbocycles. The Labute approximate surface area is 158 Å². The highest BCUT2D eigenvalue weighted by Gasteiger charge is 2.27. The molecule has 0 unspecified atom stereocenters. The Balaban J connectivity index is 2.73. The molecule has 2 N–H and O–H groups in total. The molecular formula is C19H28F2N2O4. The van der Waals surface area contributed by atoms with Crippen molar-refractivity contribution in [2.24, 2.45) is 5.92 Å². The molecule has 8 heteroatoms. The lowest BCUT2D eigenvalue weighted by atomic mass is 10.0. The van der Waals surface area contributed by atoms with E-state index in [1.807, 2.05) is 13.8 Å². The number of amides is 2. The summed E-state index contributed by atoms with van der Waals surface area (Å²) in [4.78, 5) is 24.5. The maximum absolute atomic E-state index is 12.6. The molecule has 0 aliphatic carbocycles. The van der Waals surface area contributed by atoms with Crippen molar-refractivity contribution in [2.45, 2.75) is 65.8 Å². The molecule has 0 radical (unpaired) electrons. The topological polar surface area (TPSA) is 76.7 Å². The number of alkyl carbamates (subject to hydrolysis) is 1. The highest BCUT2D eigenvalue weighted by Crippen LogP contribution is 2.19. The molecular weight excluding hydrogens is 358 g/mol. The van der Waals surface area contributed by atoms with Gasteiger partial charge in [0.1, 0.15) is 17.4 Å². The van der Waals surface area contributed by atoms with Crippen molar-refractivity contribution in [1.82, 2.24) is 10.6 Å². The van der Waals surface area contributed by atoms with Gasteiger partial charge < -0.3 is 20.1 Å². The van der Waals surface area contributed by atoms with Crippen molar-refractivity contribution in [3.8, 4) is 5.75 Å². The van der Waals surface area contributed by atoms with Crippen molar-refractivity contribution in [3.05, 3.63) is 29.8 Å². The average molecular weight is 386 g/mol. The summed E-state index contributed by atoms with van der Waals surface area (Å²) in [5.41, 5.74) is 0.0435. The van der Waals surface area contributed by atoms with Crippen LogP contribution in [0, 0.1) is 5.92 Å². The van der Waals surface area contributed by atoms with Gasteiger partial charge in [-0.2, -0.15) is 8.78 Å². The molecule has 2 atom stereocenters. The van der Waals surface area contributed by atoms with Crippen LogP contribution in [0.3, 0.4) is 0 Å². The van der Waals surface area contributed by atoms with Crippen LogP contribution in [-0.2, 0) is 9.53 Å². The van der Waals surface area contributed by atoms with Crippen LogP contribution in [0.15, 0.2) is 24.3 Å². The number of rotatable bonds is 7. The van der Waals surface area contributed by atoms with Gasteiger partial charge in [-0.15, -0.1) is 0 Å². The highest BCUT2D eigenvalue weighted by atomic mass is 19.3. The Morgan fingerprint density at radius 2 is 1.56 bits per heavy atom. The monoisotopic (exact) mass is 386 g/mol. The van der Waals surface area contributed by atoms with Gasteiger partial charge in [0.05, 0.1) is 6.04 Å². The van der Waals surface area contributed by atoms with Crippen LogP contribution in [0.25, 0.3) is 0 Å². The normalized spacial score (nSPS) is 13.9. The van der Waals surface area contributed by atoms with Gasteiger partial charge in [0, 0.05) is 0 Å². The van der Waals surface area contributed by atoms with Gasteiger partial charge in [-0.05, 0) is 51.3 Å². The summed E-state index contributed by atoms with van der Waals surface area (Å²) < 4.78 is 33.9. The number of carbonyl (C=O) groups is 2. The van der Waals surface area contributed by atoms with Crippen LogP contribution in [0.2, 0.25) is 0 Å². The first-order valence-corrected chi connectivity index (χ1v) is 8.73. The van der Waals surface area contributed by atoms with Crippen molar-refractivity contribution in [2.75, 3.05) is 0 Å². The second-order valence-corrected chi connectivity index (χ2v) is 7.55. The van der Waals surface area contributed by atoms with E-state index in [9.17, 15) is 18.4 Å². The fourth-order valence-electron chi connectivity index (χ4n) is 2.29. The van der Waals surface area contributed by atoms with Crippen molar-refractivity contribution < 1.29 is 27.8 Å². The van der Waals surface area contributed by atoms with E-state index < -0.39 is 24.3 Å². The van der Waals surface area contributed by atoms with Crippen LogP contribution in [0.1, 0.15) is 53.1 Å². The van der Waals surface area contributed by atoms with Crippen molar-refractivity contribution >= 4 is 12.0 Å². The molecule has 152 valence electrons. The third-order valence-electron chi connectivity index (χ3n) is 3.59. The maximum atomic E-state index is 12.6. The summed E-state index contributed by atoms with van der Waals surface area (Å²) in [7, 11) is 0. The van der Waals surface area contributed by atoms with Crippen LogP contribution >= 0.6 is 0 Å². The van der Waals surface area contributed by atoms with Gasteiger partial charge in [0.15, 0.2) is 0 Å². The molecule has 0 aliphatic rings. The Morgan fingerprint density at radius 3 is 2.00 bits per heavy atom. The molecule has 0 saturated carbocycles. The van der Waals surface area contributed by atoms with E-state index in [-0.39, 0.29) is 23.6 Å². The smallest absolute Gasteiger partial charge is 0.408 e. The molecule has 0 heterocycles. The number of halogens is 2. The largest absolute Gasteiger partial charge is 0.444 e. The molecule has 27 heavy (non-hydrogen) atoms. The summed E-state index contributed by atoms with van der Waals surface area (Å²) >= 11 is 0. The fourth-order valence-corrected chi connectivity index (χ4v) is 2.29. The van der Waals surface area contributed by atoms with Gasteiger partial charge in [0.25, 0.3) is 0 Å². The molecule has 2 amide bonds. The van der Waals surface area contributed by atoms with Crippen LogP contribution < -0.4 is 15.4 Å². The third-order valence-corrected chi connectivity index (χ3v) is 3.59. The zero-order chi connectivity index (χ0) is 20.8. The van der Waals surface area contributed by atoms with E-state index in [0.717, 1.165) is 0 Å². The van der Waals surface area contributed by atoms with E-state index in [4.69, 9.17) is 4.74 Å². The molecule has 0 spiro atoms. The Morgan fingerprint density at radius 1 is 1.00 bits per heavy atom. The number of hydrogen-bond donors (Lipinski definition) is 2. The molecule has 0 saturated heterocycles. The van der Waals surface area contributed by atoms with Crippen LogP contribution in [0.5, 0.6) is 5.75 Å². The molecule has 0 aliphatic heterocycles. The van der Waals surface area contributed by atoms with E-state index in [0.29, 0.717) is 5.56 Å². The van der Waals surface area contributed by atoms with E-state index in [1.165, 1.54) is 12.1 Å². The number of nitrogens with one attached hydrogen (secondary N) is 2. The molecule has 0 bridgehead atoms. The van der Waals surface area contributed by atoms with Crippen LogP contribution in [0.4, 0.5) is 13.6 Å². The second-order valence-electron chi connectivity index (χ2n) is 7.55. The molecule has 0 aromatic heterocycles. The van der Waals surface area contributed by atoms with Gasteiger partial charge in [-0.3, -0.25) is 4.79 Å². The second kappa shape index (κ2) is 9.53. The Bertz CT molecular complexity index is 628. The fraction of sp³-hybridized carbons (Fsp3) is 0.579. The van der Waals surface area contributed by atoms with Crippen molar-refractivity contribution in [1.29, 1.82) is 0 Å². The minimum atomic E-state index is -2.89. The van der Waals surface area contributed by atoms with Gasteiger partial charge in [-0.25, -0.2) is 4.79 Å². The highest BCUT2D eigenvalue weighted by molar-refractivity contribution is 5.86. The minimum Gasteiger partial charge on any atom is -0.444 e. The number of carbonyl (C=O) groups excluding carboxylic acids is 2. The predicted octanol–water partition coefficient (Wildman–Crippen LogP) is 4.01. The van der Waals surface area contributed by atoms with E-state index in [2.05, 4.69) is 15.4 Å². The number of benzene rings is 1. The Hall–Kier alpha value is -2.38. The SMILES string of the molecule is CC(C)[C@H](NC(=O)OC(C)(C)C)C(=O)N[C@@H](C)c1ccc(OC(F)F)cc1. The first-order chi connectivity index (χ1) is 12.4. The molecule has 1 aromatic rings. The third kappa shape index (κ3) is 8.23. The summed E-state index contributed by atoms with van der Waals surface area (Å²) in [6.07, 6.45) is -0.669. The summed E-state index contributed by atoms with van der Waals surface area (Å²) in [5.74, 6) is -0.485. The standard InChI is InChI=1S/C19H28F2N2O4/c1-11(2)15(23-18(25)27-19(4,5)6)16(24)22-12(3)13-7-9-14(10-8-13)26-17(20)21/h7-12,15,17H,1-6H3,(H,22,24)(H,23,25)/t12-,15-/m0/s1. The van der Waals surface area contributed by atoms with Gasteiger partial charge in [0.2, 0.25) is 5.91 Å². The number of hydrogen-bond acceptors (Lipinski definition) is 4. The molecule has 1 rings (SSSR count). The summed E-state index contributed by atoms with van der Waals surface area (Å²) in [6, 6.07) is 4.83. The van der Waals surface area contributed by atoms with E-state index in [1.54, 1.807) is 39.8 Å². The number of ether oxygens (including phenoxy) is 2. The number of alkyl halides is 2.